The van der Waals surface area contributed by atoms with Crippen molar-refractivity contribution in [1.82, 2.24) is 10.2 Å². The predicted octanol–water partition coefficient (Wildman–Crippen LogP) is 1.09. The Labute approximate surface area is 100 Å². The van der Waals surface area contributed by atoms with Crippen LogP contribution in [-0.2, 0) is 6.54 Å². The van der Waals surface area contributed by atoms with Crippen LogP contribution in [0.3, 0.4) is 0 Å². The van der Waals surface area contributed by atoms with E-state index in [1.54, 1.807) is 14.1 Å². The summed E-state index contributed by atoms with van der Waals surface area (Å²) >= 11 is 4.88. The van der Waals surface area contributed by atoms with Crippen molar-refractivity contribution in [3.63, 3.8) is 0 Å². The van der Waals surface area contributed by atoms with E-state index in [2.05, 4.69) is 5.32 Å². The molecule has 0 unspecified atom stereocenters. The monoisotopic (exact) mass is 237 g/mol. The van der Waals surface area contributed by atoms with E-state index in [0.717, 1.165) is 11.1 Å². The standard InChI is InChI=1S/C11H15N3OS/c1-14(2)11(15)13-7-8-4-3-5-9(6-8)10(12)16/h3-6H,7H2,1-2H3,(H2,12,16)(H,13,15). The first kappa shape index (κ1) is 12.4. The van der Waals surface area contributed by atoms with Gasteiger partial charge in [0.2, 0.25) is 0 Å². The molecule has 2 amide bonds. The summed E-state index contributed by atoms with van der Waals surface area (Å²) in [4.78, 5) is 13.1. The van der Waals surface area contributed by atoms with Crippen LogP contribution in [0.5, 0.6) is 0 Å². The number of amides is 2. The third kappa shape index (κ3) is 3.51. The normalized spacial score (nSPS) is 9.62. The fourth-order valence-corrected chi connectivity index (χ4v) is 1.30. The van der Waals surface area contributed by atoms with Gasteiger partial charge in [0.15, 0.2) is 0 Å². The number of carbonyl (C=O) groups is 1. The van der Waals surface area contributed by atoms with Gasteiger partial charge in [-0.2, -0.15) is 0 Å². The Bertz CT molecular complexity index is 404. The average molecular weight is 237 g/mol. The highest BCUT2D eigenvalue weighted by Gasteiger charge is 2.03. The number of carbonyl (C=O) groups excluding carboxylic acids is 1. The first-order valence-electron chi connectivity index (χ1n) is 4.84. The van der Waals surface area contributed by atoms with Crippen molar-refractivity contribution >= 4 is 23.2 Å². The summed E-state index contributed by atoms with van der Waals surface area (Å²) < 4.78 is 0. The number of hydrogen-bond donors (Lipinski definition) is 2. The van der Waals surface area contributed by atoms with E-state index in [1.165, 1.54) is 4.90 Å². The van der Waals surface area contributed by atoms with E-state index in [4.69, 9.17) is 18.0 Å². The van der Waals surface area contributed by atoms with Crippen LogP contribution >= 0.6 is 12.2 Å². The molecule has 0 heterocycles. The second-order valence-corrected chi connectivity index (χ2v) is 4.06. The molecule has 5 heteroatoms. The van der Waals surface area contributed by atoms with Crippen LogP contribution in [0.15, 0.2) is 24.3 Å². The van der Waals surface area contributed by atoms with Crippen LogP contribution in [0.1, 0.15) is 11.1 Å². The van der Waals surface area contributed by atoms with Crippen LogP contribution in [0.4, 0.5) is 4.79 Å². The Hall–Kier alpha value is -1.62. The van der Waals surface area contributed by atoms with E-state index in [0.29, 0.717) is 11.5 Å². The van der Waals surface area contributed by atoms with E-state index >= 15 is 0 Å². The van der Waals surface area contributed by atoms with Crippen LogP contribution in [0, 0.1) is 0 Å². The molecule has 1 rings (SSSR count). The van der Waals surface area contributed by atoms with Crippen molar-refractivity contribution in [2.45, 2.75) is 6.54 Å². The molecule has 0 saturated heterocycles. The van der Waals surface area contributed by atoms with Crippen molar-refractivity contribution in [3.05, 3.63) is 35.4 Å². The highest BCUT2D eigenvalue weighted by atomic mass is 32.1. The van der Waals surface area contributed by atoms with Crippen molar-refractivity contribution in [2.24, 2.45) is 5.73 Å². The number of hydrogen-bond acceptors (Lipinski definition) is 2. The van der Waals surface area contributed by atoms with Crippen molar-refractivity contribution in [1.29, 1.82) is 0 Å². The summed E-state index contributed by atoms with van der Waals surface area (Å²) in [6.45, 7) is 0.466. The molecular formula is C11H15N3OS. The lowest BCUT2D eigenvalue weighted by Crippen LogP contribution is -2.33. The van der Waals surface area contributed by atoms with Crippen LogP contribution < -0.4 is 11.1 Å². The third-order valence-corrected chi connectivity index (χ3v) is 2.30. The van der Waals surface area contributed by atoms with Crippen molar-refractivity contribution < 1.29 is 4.79 Å². The van der Waals surface area contributed by atoms with Crippen molar-refractivity contribution in [3.8, 4) is 0 Å². The highest BCUT2D eigenvalue weighted by Crippen LogP contribution is 2.05. The zero-order valence-electron chi connectivity index (χ0n) is 9.36. The molecule has 0 fully saturated rings. The van der Waals surface area contributed by atoms with E-state index in [1.807, 2.05) is 24.3 Å². The molecule has 16 heavy (non-hydrogen) atoms. The van der Waals surface area contributed by atoms with Gasteiger partial charge in [-0.1, -0.05) is 30.4 Å². The van der Waals surface area contributed by atoms with Crippen LogP contribution in [0.25, 0.3) is 0 Å². The fraction of sp³-hybridized carbons (Fsp3) is 0.273. The lowest BCUT2D eigenvalue weighted by molar-refractivity contribution is 0.217. The van der Waals surface area contributed by atoms with E-state index < -0.39 is 0 Å². The molecule has 0 aromatic heterocycles. The van der Waals surface area contributed by atoms with Gasteiger partial charge in [0.25, 0.3) is 0 Å². The minimum absolute atomic E-state index is 0.124. The summed E-state index contributed by atoms with van der Waals surface area (Å²) in [6.07, 6.45) is 0. The Morgan fingerprint density at radius 3 is 2.75 bits per heavy atom. The molecule has 1 aromatic rings. The quantitative estimate of drug-likeness (QED) is 0.774. The zero-order chi connectivity index (χ0) is 12.1. The first-order valence-corrected chi connectivity index (χ1v) is 5.25. The number of nitrogens with zero attached hydrogens (tertiary/aromatic N) is 1. The maximum absolute atomic E-state index is 11.3. The summed E-state index contributed by atoms with van der Waals surface area (Å²) in [5.41, 5.74) is 7.31. The maximum Gasteiger partial charge on any atom is 0.317 e. The molecule has 0 radical (unpaired) electrons. The van der Waals surface area contributed by atoms with Crippen molar-refractivity contribution in [2.75, 3.05) is 14.1 Å². The minimum Gasteiger partial charge on any atom is -0.389 e. The number of urea groups is 1. The summed E-state index contributed by atoms with van der Waals surface area (Å²) in [5, 5.41) is 2.77. The Morgan fingerprint density at radius 2 is 2.19 bits per heavy atom. The lowest BCUT2D eigenvalue weighted by Gasteiger charge is -2.12. The van der Waals surface area contributed by atoms with Crippen LogP contribution in [-0.4, -0.2) is 30.0 Å². The van der Waals surface area contributed by atoms with Gasteiger partial charge in [0, 0.05) is 26.2 Å². The SMILES string of the molecule is CN(C)C(=O)NCc1cccc(C(N)=S)c1. The molecular weight excluding hydrogens is 222 g/mol. The van der Waals surface area contributed by atoms with Gasteiger partial charge < -0.3 is 16.0 Å². The Kier molecular flexibility index (Phi) is 4.25. The van der Waals surface area contributed by atoms with Gasteiger partial charge in [-0.15, -0.1) is 0 Å². The maximum atomic E-state index is 11.3. The molecule has 0 aliphatic heterocycles. The molecule has 0 saturated carbocycles. The van der Waals surface area contributed by atoms with Gasteiger partial charge in [0.05, 0.1) is 0 Å². The summed E-state index contributed by atoms with van der Waals surface area (Å²) in [7, 11) is 3.39. The number of benzene rings is 1. The second kappa shape index (κ2) is 5.46. The largest absolute Gasteiger partial charge is 0.389 e. The number of nitrogens with one attached hydrogen (secondary N) is 1. The number of rotatable bonds is 3. The van der Waals surface area contributed by atoms with E-state index in [-0.39, 0.29) is 6.03 Å². The van der Waals surface area contributed by atoms with Crippen LogP contribution in [0.2, 0.25) is 0 Å². The van der Waals surface area contributed by atoms with Gasteiger partial charge >= 0.3 is 6.03 Å². The molecule has 0 aliphatic carbocycles. The Balaban J connectivity index is 2.64. The molecule has 0 aliphatic rings. The topological polar surface area (TPSA) is 58.4 Å². The van der Waals surface area contributed by atoms with E-state index in [9.17, 15) is 4.79 Å². The number of nitrogens with two attached hydrogens (primary N) is 1. The molecule has 3 N–H and O–H groups in total. The molecule has 0 bridgehead atoms. The smallest absolute Gasteiger partial charge is 0.317 e. The minimum atomic E-state index is -0.124. The molecule has 0 spiro atoms. The number of thiocarbonyl (C=S) groups is 1. The Morgan fingerprint density at radius 1 is 1.50 bits per heavy atom. The third-order valence-electron chi connectivity index (χ3n) is 2.06. The summed E-state index contributed by atoms with van der Waals surface area (Å²) in [5.74, 6) is 0. The fourth-order valence-electron chi connectivity index (χ4n) is 1.17. The lowest BCUT2D eigenvalue weighted by atomic mass is 10.1. The molecule has 1 aromatic carbocycles. The zero-order valence-corrected chi connectivity index (χ0v) is 10.2. The highest BCUT2D eigenvalue weighted by molar-refractivity contribution is 7.80. The van der Waals surface area contributed by atoms with Gasteiger partial charge in [-0.05, 0) is 11.6 Å². The molecule has 86 valence electrons. The van der Waals surface area contributed by atoms with Gasteiger partial charge in [0.1, 0.15) is 4.99 Å². The second-order valence-electron chi connectivity index (χ2n) is 3.62. The van der Waals surface area contributed by atoms with Gasteiger partial charge in [-0.3, -0.25) is 0 Å². The van der Waals surface area contributed by atoms with Gasteiger partial charge in [-0.25, -0.2) is 4.79 Å². The molecule has 4 nitrogen and oxygen atoms in total. The first-order chi connectivity index (χ1) is 7.50. The predicted molar refractivity (Wildman–Crippen MR) is 68.3 cm³/mol. The molecule has 0 atom stereocenters. The average Bonchev–Trinajstić information content (AvgIpc) is 2.26. The summed E-state index contributed by atoms with van der Waals surface area (Å²) in [6, 6.07) is 7.38.